The molecule has 3 nitrogen and oxygen atoms in total. The number of rotatable bonds is 8. The average Bonchev–Trinajstić information content (AvgIpc) is 2.26. The van der Waals surface area contributed by atoms with Gasteiger partial charge in [-0.25, -0.2) is 0 Å². The van der Waals surface area contributed by atoms with Crippen molar-refractivity contribution in [2.45, 2.75) is 41.2 Å². The second kappa shape index (κ2) is 7.75. The van der Waals surface area contributed by atoms with Gasteiger partial charge >= 0.3 is 0 Å². The van der Waals surface area contributed by atoms with Gasteiger partial charge < -0.3 is 5.32 Å². The van der Waals surface area contributed by atoms with Gasteiger partial charge in [-0.3, -0.25) is 9.88 Å². The van der Waals surface area contributed by atoms with Crippen molar-refractivity contribution in [1.29, 1.82) is 0 Å². The van der Waals surface area contributed by atoms with Gasteiger partial charge in [-0.2, -0.15) is 0 Å². The molecule has 1 aromatic heterocycles. The standard InChI is InChI=1S/C17H31N3/c1-14(2)10-18-12-17(4,5)13-20(6)11-16-9-7-8-15(3)19-16/h7-9,14,18H,10-13H2,1-6H3. The van der Waals surface area contributed by atoms with Crippen LogP contribution < -0.4 is 5.32 Å². The lowest BCUT2D eigenvalue weighted by Crippen LogP contribution is -2.39. The molecule has 0 amide bonds. The minimum atomic E-state index is 0.271. The van der Waals surface area contributed by atoms with Crippen LogP contribution in [0.25, 0.3) is 0 Å². The molecule has 3 heteroatoms. The number of pyridine rings is 1. The molecule has 0 spiro atoms. The van der Waals surface area contributed by atoms with Gasteiger partial charge in [-0.15, -0.1) is 0 Å². The minimum Gasteiger partial charge on any atom is -0.316 e. The molecular weight excluding hydrogens is 246 g/mol. The molecule has 0 radical (unpaired) electrons. The van der Waals surface area contributed by atoms with Crippen molar-refractivity contribution in [2.75, 3.05) is 26.7 Å². The number of hydrogen-bond donors (Lipinski definition) is 1. The molecule has 0 aromatic carbocycles. The van der Waals surface area contributed by atoms with Crippen LogP contribution in [0.4, 0.5) is 0 Å². The van der Waals surface area contributed by atoms with Crippen LogP contribution in [0.5, 0.6) is 0 Å². The number of aryl methyl sites for hydroxylation is 1. The Morgan fingerprint density at radius 2 is 2.00 bits per heavy atom. The lowest BCUT2D eigenvalue weighted by molar-refractivity contribution is 0.195. The summed E-state index contributed by atoms with van der Waals surface area (Å²) in [6.45, 7) is 15.3. The molecule has 0 saturated heterocycles. The third kappa shape index (κ3) is 7.01. The van der Waals surface area contributed by atoms with Crippen molar-refractivity contribution in [3.63, 3.8) is 0 Å². The van der Waals surface area contributed by atoms with E-state index < -0.39 is 0 Å². The van der Waals surface area contributed by atoms with E-state index in [1.165, 1.54) is 0 Å². The molecule has 0 aliphatic carbocycles. The topological polar surface area (TPSA) is 28.2 Å². The van der Waals surface area contributed by atoms with Crippen molar-refractivity contribution < 1.29 is 0 Å². The van der Waals surface area contributed by atoms with E-state index in [2.05, 4.69) is 62.1 Å². The maximum absolute atomic E-state index is 4.57. The predicted octanol–water partition coefficient (Wildman–Crippen LogP) is 3.09. The van der Waals surface area contributed by atoms with Crippen LogP contribution in [-0.4, -0.2) is 36.6 Å². The molecule has 1 aromatic rings. The summed E-state index contributed by atoms with van der Waals surface area (Å²) in [5.41, 5.74) is 2.51. The molecule has 0 fully saturated rings. The van der Waals surface area contributed by atoms with Crippen LogP contribution in [0.15, 0.2) is 18.2 Å². The highest BCUT2D eigenvalue weighted by Gasteiger charge is 2.20. The molecule has 1 N–H and O–H groups in total. The van der Waals surface area contributed by atoms with Gasteiger partial charge in [0.2, 0.25) is 0 Å². The minimum absolute atomic E-state index is 0.271. The zero-order chi connectivity index (χ0) is 15.2. The first kappa shape index (κ1) is 17.1. The lowest BCUT2D eigenvalue weighted by atomic mass is 9.92. The van der Waals surface area contributed by atoms with Crippen molar-refractivity contribution in [3.05, 3.63) is 29.6 Å². The Hall–Kier alpha value is -0.930. The van der Waals surface area contributed by atoms with Crippen LogP contribution in [0.2, 0.25) is 0 Å². The molecule has 0 bridgehead atoms. The molecule has 1 rings (SSSR count). The third-order valence-corrected chi connectivity index (χ3v) is 3.23. The SMILES string of the molecule is Cc1cccc(CN(C)CC(C)(C)CNCC(C)C)n1. The summed E-state index contributed by atoms with van der Waals surface area (Å²) in [7, 11) is 2.17. The summed E-state index contributed by atoms with van der Waals surface area (Å²) in [4.78, 5) is 6.93. The average molecular weight is 277 g/mol. The summed E-state index contributed by atoms with van der Waals surface area (Å²) < 4.78 is 0. The first-order valence-electron chi connectivity index (χ1n) is 7.60. The van der Waals surface area contributed by atoms with Crippen molar-refractivity contribution in [3.8, 4) is 0 Å². The van der Waals surface area contributed by atoms with E-state index >= 15 is 0 Å². The molecule has 1 heterocycles. The molecule has 114 valence electrons. The van der Waals surface area contributed by atoms with E-state index in [1.54, 1.807) is 0 Å². The smallest absolute Gasteiger partial charge is 0.0547 e. The third-order valence-electron chi connectivity index (χ3n) is 3.23. The summed E-state index contributed by atoms with van der Waals surface area (Å²) >= 11 is 0. The van der Waals surface area contributed by atoms with E-state index in [0.717, 1.165) is 37.6 Å². The van der Waals surface area contributed by atoms with Crippen molar-refractivity contribution >= 4 is 0 Å². The van der Waals surface area contributed by atoms with Gasteiger partial charge in [0.1, 0.15) is 0 Å². The van der Waals surface area contributed by atoms with E-state index in [4.69, 9.17) is 0 Å². The fourth-order valence-electron chi connectivity index (χ4n) is 2.51. The number of hydrogen-bond acceptors (Lipinski definition) is 3. The normalized spacial score (nSPS) is 12.4. The Morgan fingerprint density at radius 1 is 1.30 bits per heavy atom. The Balaban J connectivity index is 2.41. The highest BCUT2D eigenvalue weighted by Crippen LogP contribution is 2.16. The van der Waals surface area contributed by atoms with Gasteiger partial charge in [-0.1, -0.05) is 33.8 Å². The van der Waals surface area contributed by atoms with Crippen LogP contribution in [0.1, 0.15) is 39.1 Å². The Labute approximate surface area is 124 Å². The van der Waals surface area contributed by atoms with Crippen LogP contribution in [0, 0.1) is 18.3 Å². The van der Waals surface area contributed by atoms with Gasteiger partial charge in [0.25, 0.3) is 0 Å². The summed E-state index contributed by atoms with van der Waals surface area (Å²) in [5.74, 6) is 0.708. The molecular formula is C17H31N3. The van der Waals surface area contributed by atoms with Gasteiger partial charge in [-0.05, 0) is 44.0 Å². The molecule has 0 aliphatic rings. The summed E-state index contributed by atoms with van der Waals surface area (Å²) in [5, 5.41) is 3.56. The van der Waals surface area contributed by atoms with E-state index in [0.29, 0.717) is 5.92 Å². The van der Waals surface area contributed by atoms with Gasteiger partial charge in [0.05, 0.1) is 5.69 Å². The van der Waals surface area contributed by atoms with E-state index in [1.807, 2.05) is 13.0 Å². The number of aromatic nitrogens is 1. The summed E-state index contributed by atoms with van der Waals surface area (Å²) in [6, 6.07) is 6.23. The number of nitrogens with zero attached hydrogens (tertiary/aromatic N) is 2. The second-order valence-electron chi connectivity index (χ2n) is 7.13. The Kier molecular flexibility index (Phi) is 6.63. The molecule has 20 heavy (non-hydrogen) atoms. The Morgan fingerprint density at radius 3 is 2.60 bits per heavy atom. The van der Waals surface area contributed by atoms with Crippen molar-refractivity contribution in [1.82, 2.24) is 15.2 Å². The zero-order valence-corrected chi connectivity index (χ0v) is 14.0. The van der Waals surface area contributed by atoms with E-state index in [-0.39, 0.29) is 5.41 Å². The predicted molar refractivity (Wildman–Crippen MR) is 86.8 cm³/mol. The first-order chi connectivity index (χ1) is 9.28. The first-order valence-corrected chi connectivity index (χ1v) is 7.60. The largest absolute Gasteiger partial charge is 0.316 e. The monoisotopic (exact) mass is 277 g/mol. The van der Waals surface area contributed by atoms with Crippen molar-refractivity contribution in [2.24, 2.45) is 11.3 Å². The van der Waals surface area contributed by atoms with E-state index in [9.17, 15) is 0 Å². The van der Waals surface area contributed by atoms with Crippen LogP contribution in [-0.2, 0) is 6.54 Å². The van der Waals surface area contributed by atoms with Gasteiger partial charge in [0, 0.05) is 25.3 Å². The fourth-order valence-corrected chi connectivity index (χ4v) is 2.51. The van der Waals surface area contributed by atoms with Gasteiger partial charge in [0.15, 0.2) is 0 Å². The highest BCUT2D eigenvalue weighted by atomic mass is 15.1. The maximum atomic E-state index is 4.57. The second-order valence-corrected chi connectivity index (χ2v) is 7.13. The maximum Gasteiger partial charge on any atom is 0.0547 e. The molecule has 0 saturated carbocycles. The summed E-state index contributed by atoms with van der Waals surface area (Å²) in [6.07, 6.45) is 0. The zero-order valence-electron chi connectivity index (χ0n) is 14.0. The van der Waals surface area contributed by atoms with Crippen LogP contribution in [0.3, 0.4) is 0 Å². The highest BCUT2D eigenvalue weighted by molar-refractivity contribution is 5.09. The van der Waals surface area contributed by atoms with Crippen LogP contribution >= 0.6 is 0 Å². The fraction of sp³-hybridized carbons (Fsp3) is 0.706. The Bertz CT molecular complexity index is 399. The molecule has 0 atom stereocenters. The quantitative estimate of drug-likeness (QED) is 0.791. The molecule has 0 unspecified atom stereocenters. The number of nitrogens with one attached hydrogen (secondary N) is 1. The lowest BCUT2D eigenvalue weighted by Gasteiger charge is -2.31. The molecule has 0 aliphatic heterocycles.